The SMILES string of the molecule is COc1ccccc1CN1CCN(C(=O)Nc2cccc3c2CCC3)CC1. The van der Waals surface area contributed by atoms with Crippen molar-refractivity contribution in [2.24, 2.45) is 0 Å². The van der Waals surface area contributed by atoms with Crippen molar-refractivity contribution < 1.29 is 9.53 Å². The van der Waals surface area contributed by atoms with Crippen molar-refractivity contribution >= 4 is 11.7 Å². The van der Waals surface area contributed by atoms with E-state index in [1.807, 2.05) is 35.2 Å². The van der Waals surface area contributed by atoms with Gasteiger partial charge in [0.2, 0.25) is 0 Å². The van der Waals surface area contributed by atoms with Gasteiger partial charge < -0.3 is 15.0 Å². The average Bonchev–Trinajstić information content (AvgIpc) is 3.19. The van der Waals surface area contributed by atoms with Crippen LogP contribution in [0.3, 0.4) is 0 Å². The highest BCUT2D eigenvalue weighted by Gasteiger charge is 2.23. The number of anilines is 1. The molecule has 1 heterocycles. The molecule has 0 radical (unpaired) electrons. The van der Waals surface area contributed by atoms with E-state index in [2.05, 4.69) is 22.3 Å². The highest BCUT2D eigenvalue weighted by atomic mass is 16.5. The number of para-hydroxylation sites is 1. The van der Waals surface area contributed by atoms with Crippen LogP contribution in [-0.2, 0) is 19.4 Å². The standard InChI is InChI=1S/C22H27N3O2/c1-27-21-11-3-2-6-18(21)16-24-12-14-25(15-13-24)22(26)23-20-10-5-8-17-7-4-9-19(17)20/h2-3,5-6,8,10-11H,4,7,9,12-16H2,1H3,(H,23,26). The third-order valence-electron chi connectivity index (χ3n) is 5.63. The van der Waals surface area contributed by atoms with Crippen LogP contribution < -0.4 is 10.1 Å². The summed E-state index contributed by atoms with van der Waals surface area (Å²) in [5.41, 5.74) is 4.89. The lowest BCUT2D eigenvalue weighted by atomic mass is 10.1. The molecule has 4 rings (SSSR count). The smallest absolute Gasteiger partial charge is 0.321 e. The van der Waals surface area contributed by atoms with Gasteiger partial charge in [0.1, 0.15) is 5.75 Å². The Hall–Kier alpha value is -2.53. The molecule has 1 saturated heterocycles. The molecule has 0 unspecified atom stereocenters. The van der Waals surface area contributed by atoms with Gasteiger partial charge in [-0.2, -0.15) is 0 Å². The summed E-state index contributed by atoms with van der Waals surface area (Å²) in [6.07, 6.45) is 3.38. The maximum Gasteiger partial charge on any atom is 0.321 e. The van der Waals surface area contributed by atoms with E-state index in [0.717, 1.165) is 57.0 Å². The van der Waals surface area contributed by atoms with E-state index in [1.165, 1.54) is 23.1 Å². The number of hydrogen-bond acceptors (Lipinski definition) is 3. The molecule has 1 N–H and O–H groups in total. The van der Waals surface area contributed by atoms with Crippen LogP contribution in [-0.4, -0.2) is 49.1 Å². The lowest BCUT2D eigenvalue weighted by molar-refractivity contribution is 0.142. The van der Waals surface area contributed by atoms with E-state index in [0.29, 0.717) is 0 Å². The minimum atomic E-state index is 0.0206. The van der Waals surface area contributed by atoms with Crippen LogP contribution in [0, 0.1) is 0 Å². The second-order valence-electron chi connectivity index (χ2n) is 7.30. The van der Waals surface area contributed by atoms with E-state index in [1.54, 1.807) is 7.11 Å². The Morgan fingerprint density at radius 3 is 2.67 bits per heavy atom. The third kappa shape index (κ3) is 3.93. The molecule has 0 aromatic heterocycles. The minimum absolute atomic E-state index is 0.0206. The largest absolute Gasteiger partial charge is 0.496 e. The van der Waals surface area contributed by atoms with Crippen LogP contribution in [0.2, 0.25) is 0 Å². The number of methoxy groups -OCH3 is 1. The van der Waals surface area contributed by atoms with Crippen LogP contribution in [0.4, 0.5) is 10.5 Å². The van der Waals surface area contributed by atoms with E-state index >= 15 is 0 Å². The number of nitrogens with one attached hydrogen (secondary N) is 1. The molecule has 142 valence electrons. The number of hydrogen-bond donors (Lipinski definition) is 1. The van der Waals surface area contributed by atoms with Crippen molar-refractivity contribution in [3.05, 3.63) is 59.2 Å². The fourth-order valence-electron chi connectivity index (χ4n) is 4.11. The molecule has 27 heavy (non-hydrogen) atoms. The first-order chi connectivity index (χ1) is 13.2. The summed E-state index contributed by atoms with van der Waals surface area (Å²) in [6, 6.07) is 14.4. The number of urea groups is 1. The van der Waals surface area contributed by atoms with Gasteiger partial charge in [-0.3, -0.25) is 4.90 Å². The zero-order valence-electron chi connectivity index (χ0n) is 15.9. The number of benzene rings is 2. The first kappa shape index (κ1) is 17.9. The van der Waals surface area contributed by atoms with Gasteiger partial charge in [-0.1, -0.05) is 30.3 Å². The van der Waals surface area contributed by atoms with Gasteiger partial charge in [-0.15, -0.1) is 0 Å². The number of piperazine rings is 1. The van der Waals surface area contributed by atoms with Gasteiger partial charge in [-0.25, -0.2) is 4.79 Å². The molecule has 1 aliphatic carbocycles. The molecule has 1 fully saturated rings. The molecule has 2 aliphatic rings. The first-order valence-electron chi connectivity index (χ1n) is 9.75. The summed E-state index contributed by atoms with van der Waals surface area (Å²) in [5.74, 6) is 0.926. The summed E-state index contributed by atoms with van der Waals surface area (Å²) >= 11 is 0. The molecule has 2 amide bonds. The van der Waals surface area contributed by atoms with E-state index in [-0.39, 0.29) is 6.03 Å². The molecule has 5 nitrogen and oxygen atoms in total. The van der Waals surface area contributed by atoms with Crippen molar-refractivity contribution in [3.63, 3.8) is 0 Å². The number of aryl methyl sites for hydroxylation is 1. The molecular weight excluding hydrogens is 338 g/mol. The summed E-state index contributed by atoms with van der Waals surface area (Å²) < 4.78 is 5.45. The molecule has 1 aliphatic heterocycles. The highest BCUT2D eigenvalue weighted by molar-refractivity contribution is 5.90. The second kappa shape index (κ2) is 8.01. The predicted molar refractivity (Wildman–Crippen MR) is 107 cm³/mol. The first-order valence-corrected chi connectivity index (χ1v) is 9.75. The van der Waals surface area contributed by atoms with E-state index < -0.39 is 0 Å². The second-order valence-corrected chi connectivity index (χ2v) is 7.30. The highest BCUT2D eigenvalue weighted by Crippen LogP contribution is 2.29. The molecule has 2 aromatic carbocycles. The molecule has 0 saturated carbocycles. The molecule has 0 bridgehead atoms. The zero-order chi connectivity index (χ0) is 18.6. The fourth-order valence-corrected chi connectivity index (χ4v) is 4.11. The van der Waals surface area contributed by atoms with E-state index in [4.69, 9.17) is 4.74 Å². The summed E-state index contributed by atoms with van der Waals surface area (Å²) in [5, 5.41) is 3.14. The predicted octanol–water partition coefficient (Wildman–Crippen LogP) is 3.53. The van der Waals surface area contributed by atoms with Gasteiger partial charge >= 0.3 is 6.03 Å². The maximum absolute atomic E-state index is 12.7. The Morgan fingerprint density at radius 1 is 1.04 bits per heavy atom. The number of nitrogens with zero attached hydrogens (tertiary/aromatic N) is 2. The van der Waals surface area contributed by atoms with Crippen LogP contribution in [0.15, 0.2) is 42.5 Å². The van der Waals surface area contributed by atoms with E-state index in [9.17, 15) is 4.79 Å². The Balaban J connectivity index is 1.33. The lowest BCUT2D eigenvalue weighted by Crippen LogP contribution is -2.49. The number of amides is 2. The van der Waals surface area contributed by atoms with Crippen LogP contribution in [0.25, 0.3) is 0 Å². The van der Waals surface area contributed by atoms with Crippen LogP contribution in [0.1, 0.15) is 23.1 Å². The van der Waals surface area contributed by atoms with Crippen molar-refractivity contribution in [2.45, 2.75) is 25.8 Å². The van der Waals surface area contributed by atoms with Crippen LogP contribution in [0.5, 0.6) is 5.75 Å². The van der Waals surface area contributed by atoms with Gasteiger partial charge in [0.25, 0.3) is 0 Å². The molecule has 0 spiro atoms. The topological polar surface area (TPSA) is 44.8 Å². The molecular formula is C22H27N3O2. The lowest BCUT2D eigenvalue weighted by Gasteiger charge is -2.35. The Kier molecular flexibility index (Phi) is 5.30. The third-order valence-corrected chi connectivity index (χ3v) is 5.63. The van der Waals surface area contributed by atoms with Crippen molar-refractivity contribution in [2.75, 3.05) is 38.6 Å². The normalized spacial score (nSPS) is 16.9. The summed E-state index contributed by atoms with van der Waals surface area (Å²) in [7, 11) is 1.71. The Labute approximate surface area is 160 Å². The maximum atomic E-state index is 12.7. The monoisotopic (exact) mass is 365 g/mol. The number of carbonyl (C=O) groups is 1. The van der Waals surface area contributed by atoms with Crippen molar-refractivity contribution in [3.8, 4) is 5.75 Å². The fraction of sp³-hybridized carbons (Fsp3) is 0.409. The van der Waals surface area contributed by atoms with Crippen molar-refractivity contribution in [1.29, 1.82) is 0 Å². The Morgan fingerprint density at radius 2 is 1.85 bits per heavy atom. The van der Waals surface area contributed by atoms with Crippen molar-refractivity contribution in [1.82, 2.24) is 9.80 Å². The average molecular weight is 365 g/mol. The summed E-state index contributed by atoms with van der Waals surface area (Å²) in [6.45, 7) is 4.09. The van der Waals surface area contributed by atoms with Gasteiger partial charge in [0.05, 0.1) is 7.11 Å². The summed E-state index contributed by atoms with van der Waals surface area (Å²) in [4.78, 5) is 17.0. The number of rotatable bonds is 4. The molecule has 2 aromatic rings. The van der Waals surface area contributed by atoms with Crippen LogP contribution >= 0.6 is 0 Å². The Bertz CT molecular complexity index is 813. The molecule has 5 heteroatoms. The number of ether oxygens (including phenoxy) is 1. The molecule has 0 atom stereocenters. The van der Waals surface area contributed by atoms with Gasteiger partial charge in [-0.05, 0) is 42.5 Å². The zero-order valence-corrected chi connectivity index (χ0v) is 15.9. The number of carbonyl (C=O) groups excluding carboxylic acids is 1. The quantitative estimate of drug-likeness (QED) is 0.901. The minimum Gasteiger partial charge on any atom is -0.496 e. The van der Waals surface area contributed by atoms with Gasteiger partial charge in [0, 0.05) is 44.0 Å². The van der Waals surface area contributed by atoms with Gasteiger partial charge in [0.15, 0.2) is 0 Å². The number of fused-ring (bicyclic) bond motifs is 1.